The van der Waals surface area contributed by atoms with Gasteiger partial charge in [0.1, 0.15) is 0 Å². The number of aryl methyl sites for hydroxylation is 1. The van der Waals surface area contributed by atoms with Gasteiger partial charge in [-0.2, -0.15) is 0 Å². The van der Waals surface area contributed by atoms with Crippen LogP contribution in [0.1, 0.15) is 37.3 Å². The summed E-state index contributed by atoms with van der Waals surface area (Å²) < 4.78 is 0. The van der Waals surface area contributed by atoms with Crippen LogP contribution in [0.4, 0.5) is 0 Å². The quantitative estimate of drug-likeness (QED) is 0.849. The Bertz CT molecular complexity index is 565. The molecule has 1 fully saturated rings. The number of hydrogen-bond acceptors (Lipinski definition) is 2. The van der Waals surface area contributed by atoms with Crippen molar-refractivity contribution in [3.63, 3.8) is 0 Å². The highest BCUT2D eigenvalue weighted by Crippen LogP contribution is 2.30. The summed E-state index contributed by atoms with van der Waals surface area (Å²) in [6.07, 6.45) is 3.46. The molecule has 1 aromatic carbocycles. The van der Waals surface area contributed by atoms with Gasteiger partial charge in [-0.25, -0.2) is 0 Å². The second kappa shape index (κ2) is 7.95. The van der Waals surface area contributed by atoms with Crippen LogP contribution < -0.4 is 5.32 Å². The lowest BCUT2D eigenvalue weighted by Gasteiger charge is -2.37. The second-order valence-electron chi connectivity index (χ2n) is 6.18. The predicted octanol–water partition coefficient (Wildman–Crippen LogP) is 2.50. The third-order valence-electron chi connectivity index (χ3n) is 4.55. The normalized spacial score (nSPS) is 20.9. The number of likely N-dealkylation sites (tertiary alicyclic amines) is 1. The highest BCUT2D eigenvalue weighted by atomic mass is 16.2. The molecule has 2 rings (SSSR count). The topological polar surface area (TPSA) is 49.4 Å². The van der Waals surface area contributed by atoms with Crippen molar-refractivity contribution in [3.05, 3.63) is 48.0 Å². The molecule has 2 atom stereocenters. The molecule has 0 saturated carbocycles. The highest BCUT2D eigenvalue weighted by Gasteiger charge is 2.33. The first kappa shape index (κ1) is 17.3. The number of hydrogen-bond donors (Lipinski definition) is 1. The molecule has 0 bridgehead atoms. The van der Waals surface area contributed by atoms with Crippen molar-refractivity contribution in [2.75, 3.05) is 19.6 Å². The first-order chi connectivity index (χ1) is 11.0. The summed E-state index contributed by atoms with van der Waals surface area (Å²) in [4.78, 5) is 25.9. The monoisotopic (exact) mass is 314 g/mol. The number of carbonyl (C=O) groups excluding carboxylic acids is 2. The van der Waals surface area contributed by atoms with Crippen LogP contribution in [0.2, 0.25) is 0 Å². The van der Waals surface area contributed by atoms with Crippen molar-refractivity contribution >= 4 is 11.8 Å². The van der Waals surface area contributed by atoms with Crippen LogP contribution in [0.15, 0.2) is 36.9 Å². The molecule has 1 aromatic rings. The van der Waals surface area contributed by atoms with E-state index in [1.165, 1.54) is 11.1 Å². The summed E-state index contributed by atoms with van der Waals surface area (Å²) in [6.45, 7) is 8.98. The van der Waals surface area contributed by atoms with Crippen LogP contribution >= 0.6 is 0 Å². The molecule has 0 radical (unpaired) electrons. The van der Waals surface area contributed by atoms with Crippen molar-refractivity contribution in [3.8, 4) is 0 Å². The van der Waals surface area contributed by atoms with Gasteiger partial charge in [0.05, 0.1) is 5.92 Å². The lowest BCUT2D eigenvalue weighted by molar-refractivity contribution is -0.134. The number of nitrogens with one attached hydrogen (secondary N) is 1. The average molecular weight is 314 g/mol. The molecule has 1 aliphatic rings. The van der Waals surface area contributed by atoms with E-state index < -0.39 is 0 Å². The van der Waals surface area contributed by atoms with Gasteiger partial charge in [0, 0.05) is 32.5 Å². The fourth-order valence-electron chi connectivity index (χ4n) is 3.13. The molecule has 0 aromatic heterocycles. The summed E-state index contributed by atoms with van der Waals surface area (Å²) in [5.41, 5.74) is 2.50. The fourth-order valence-corrected chi connectivity index (χ4v) is 3.13. The van der Waals surface area contributed by atoms with E-state index in [1.807, 2.05) is 0 Å². The molecule has 4 nitrogen and oxygen atoms in total. The average Bonchev–Trinajstić information content (AvgIpc) is 2.59. The molecule has 4 heteroatoms. The fraction of sp³-hybridized carbons (Fsp3) is 0.474. The van der Waals surface area contributed by atoms with Crippen molar-refractivity contribution in [1.29, 1.82) is 0 Å². The number of benzene rings is 1. The summed E-state index contributed by atoms with van der Waals surface area (Å²) in [5, 5.41) is 2.86. The minimum absolute atomic E-state index is 0.00558. The molecule has 2 amide bonds. The van der Waals surface area contributed by atoms with Crippen molar-refractivity contribution in [2.24, 2.45) is 5.92 Å². The van der Waals surface area contributed by atoms with Gasteiger partial charge in [-0.05, 0) is 24.0 Å². The summed E-state index contributed by atoms with van der Waals surface area (Å²) in [7, 11) is 0. The molecule has 1 saturated heterocycles. The SMILES string of the molecule is C=CCNC(=O)C1CC(c2ccc(CC)cc2)CN(C(C)=O)C1. The smallest absolute Gasteiger partial charge is 0.225 e. The Morgan fingerprint density at radius 1 is 1.30 bits per heavy atom. The van der Waals surface area contributed by atoms with Gasteiger partial charge in [0.15, 0.2) is 0 Å². The number of nitrogens with zero attached hydrogens (tertiary/aromatic N) is 1. The van der Waals surface area contributed by atoms with E-state index >= 15 is 0 Å². The maximum absolute atomic E-state index is 12.3. The summed E-state index contributed by atoms with van der Waals surface area (Å²) >= 11 is 0. The number of rotatable bonds is 5. The number of piperidine rings is 1. The number of amides is 2. The zero-order valence-electron chi connectivity index (χ0n) is 14.0. The Kier molecular flexibility index (Phi) is 5.97. The van der Waals surface area contributed by atoms with Crippen LogP contribution in [0.25, 0.3) is 0 Å². The van der Waals surface area contributed by atoms with Gasteiger partial charge in [0.2, 0.25) is 11.8 Å². The molecule has 124 valence electrons. The van der Waals surface area contributed by atoms with E-state index in [9.17, 15) is 9.59 Å². The molecule has 1 aliphatic heterocycles. The van der Waals surface area contributed by atoms with Crippen LogP contribution in [0, 0.1) is 5.92 Å². The minimum atomic E-state index is -0.163. The Balaban J connectivity index is 2.15. The maximum atomic E-state index is 12.3. The second-order valence-corrected chi connectivity index (χ2v) is 6.18. The van der Waals surface area contributed by atoms with Crippen LogP contribution in [-0.4, -0.2) is 36.3 Å². The molecule has 0 aliphatic carbocycles. The maximum Gasteiger partial charge on any atom is 0.225 e. The van der Waals surface area contributed by atoms with Gasteiger partial charge in [-0.3, -0.25) is 9.59 Å². The van der Waals surface area contributed by atoms with E-state index in [0.717, 1.165) is 12.8 Å². The standard InChI is InChI=1S/C19H26N2O2/c1-4-10-20-19(23)18-11-17(12-21(13-18)14(3)22)16-8-6-15(5-2)7-9-16/h4,6-9,17-18H,1,5,10-13H2,2-3H3,(H,20,23). The molecule has 2 unspecified atom stereocenters. The van der Waals surface area contributed by atoms with Crippen LogP contribution in [-0.2, 0) is 16.0 Å². The molecule has 0 spiro atoms. The third-order valence-corrected chi connectivity index (χ3v) is 4.55. The van der Waals surface area contributed by atoms with Gasteiger partial charge in [-0.1, -0.05) is 37.3 Å². The molecular weight excluding hydrogens is 288 g/mol. The lowest BCUT2D eigenvalue weighted by atomic mass is 9.83. The summed E-state index contributed by atoms with van der Waals surface area (Å²) in [6, 6.07) is 8.53. The predicted molar refractivity (Wildman–Crippen MR) is 92.1 cm³/mol. The van der Waals surface area contributed by atoms with E-state index in [0.29, 0.717) is 19.6 Å². The van der Waals surface area contributed by atoms with Crippen molar-refractivity contribution in [2.45, 2.75) is 32.6 Å². The van der Waals surface area contributed by atoms with Crippen LogP contribution in [0.5, 0.6) is 0 Å². The van der Waals surface area contributed by atoms with Crippen molar-refractivity contribution in [1.82, 2.24) is 10.2 Å². The van der Waals surface area contributed by atoms with E-state index in [4.69, 9.17) is 0 Å². The molecule has 1 N–H and O–H groups in total. The Labute approximate surface area is 138 Å². The summed E-state index contributed by atoms with van der Waals surface area (Å²) in [5.74, 6) is 0.0777. The molecule has 23 heavy (non-hydrogen) atoms. The van der Waals surface area contributed by atoms with Crippen LogP contribution in [0.3, 0.4) is 0 Å². The first-order valence-electron chi connectivity index (χ1n) is 8.28. The Hall–Kier alpha value is -2.10. The van der Waals surface area contributed by atoms with Gasteiger partial charge in [-0.15, -0.1) is 6.58 Å². The molecule has 1 heterocycles. The zero-order chi connectivity index (χ0) is 16.8. The first-order valence-corrected chi connectivity index (χ1v) is 8.28. The largest absolute Gasteiger partial charge is 0.352 e. The third kappa shape index (κ3) is 4.44. The highest BCUT2D eigenvalue weighted by molar-refractivity contribution is 5.81. The minimum Gasteiger partial charge on any atom is -0.352 e. The number of carbonyl (C=O) groups is 2. The van der Waals surface area contributed by atoms with E-state index in [1.54, 1.807) is 17.9 Å². The van der Waals surface area contributed by atoms with Gasteiger partial charge < -0.3 is 10.2 Å². The van der Waals surface area contributed by atoms with E-state index in [-0.39, 0.29) is 23.7 Å². The molecular formula is C19H26N2O2. The Morgan fingerprint density at radius 3 is 2.57 bits per heavy atom. The van der Waals surface area contributed by atoms with Gasteiger partial charge in [0.25, 0.3) is 0 Å². The van der Waals surface area contributed by atoms with Gasteiger partial charge >= 0.3 is 0 Å². The zero-order valence-corrected chi connectivity index (χ0v) is 14.0. The van der Waals surface area contributed by atoms with Crippen molar-refractivity contribution < 1.29 is 9.59 Å². The Morgan fingerprint density at radius 2 is 2.00 bits per heavy atom. The lowest BCUT2D eigenvalue weighted by Crippen LogP contribution is -2.47. The van der Waals surface area contributed by atoms with E-state index in [2.05, 4.69) is 43.1 Å².